The first kappa shape index (κ1) is 12.8. The van der Waals surface area contributed by atoms with Gasteiger partial charge < -0.3 is 4.90 Å². The Morgan fingerprint density at radius 1 is 1.18 bits per heavy atom. The molecule has 4 nitrogen and oxygen atoms in total. The zero-order valence-corrected chi connectivity index (χ0v) is 11.0. The standard InChI is InChI=1S/C13H25N3O/c1-15-8-10-16(11-9-15)14-13(17)7-6-12-4-2-3-5-12/h12H,2-11H2,1H3,(H,14,17). The van der Waals surface area contributed by atoms with E-state index in [0.29, 0.717) is 6.42 Å². The van der Waals surface area contributed by atoms with Crippen molar-refractivity contribution in [1.29, 1.82) is 0 Å². The van der Waals surface area contributed by atoms with Gasteiger partial charge >= 0.3 is 0 Å². The van der Waals surface area contributed by atoms with E-state index in [-0.39, 0.29) is 5.91 Å². The fourth-order valence-electron chi connectivity index (χ4n) is 2.78. The number of likely N-dealkylation sites (N-methyl/N-ethyl adjacent to an activating group) is 1. The van der Waals surface area contributed by atoms with Crippen molar-refractivity contribution in [2.24, 2.45) is 5.92 Å². The van der Waals surface area contributed by atoms with Gasteiger partial charge in [-0.15, -0.1) is 0 Å². The molecule has 2 rings (SSSR count). The second-order valence-electron chi connectivity index (χ2n) is 5.51. The zero-order chi connectivity index (χ0) is 12.1. The maximum absolute atomic E-state index is 11.8. The molecule has 98 valence electrons. The molecule has 2 aliphatic rings. The lowest BCUT2D eigenvalue weighted by Crippen LogP contribution is -2.52. The molecule has 1 heterocycles. The summed E-state index contributed by atoms with van der Waals surface area (Å²) in [7, 11) is 2.12. The highest BCUT2D eigenvalue weighted by atomic mass is 16.2. The van der Waals surface area contributed by atoms with Crippen molar-refractivity contribution in [3.8, 4) is 0 Å². The van der Waals surface area contributed by atoms with Gasteiger partial charge in [0.15, 0.2) is 0 Å². The maximum atomic E-state index is 11.8. The third-order valence-corrected chi connectivity index (χ3v) is 4.04. The summed E-state index contributed by atoms with van der Waals surface area (Å²) in [5.74, 6) is 1.02. The summed E-state index contributed by atoms with van der Waals surface area (Å²) in [6, 6.07) is 0. The van der Waals surface area contributed by atoms with Gasteiger partial charge in [-0.2, -0.15) is 0 Å². The summed E-state index contributed by atoms with van der Waals surface area (Å²) in [6.45, 7) is 3.99. The Balaban J connectivity index is 1.60. The van der Waals surface area contributed by atoms with Crippen molar-refractivity contribution in [3.63, 3.8) is 0 Å². The van der Waals surface area contributed by atoms with Crippen molar-refractivity contribution < 1.29 is 4.79 Å². The zero-order valence-electron chi connectivity index (χ0n) is 11.0. The largest absolute Gasteiger partial charge is 0.304 e. The van der Waals surface area contributed by atoms with Crippen LogP contribution in [-0.2, 0) is 4.79 Å². The van der Waals surface area contributed by atoms with E-state index in [1.54, 1.807) is 0 Å². The molecule has 1 aliphatic heterocycles. The van der Waals surface area contributed by atoms with Crippen molar-refractivity contribution >= 4 is 5.91 Å². The van der Waals surface area contributed by atoms with Crippen molar-refractivity contribution in [2.75, 3.05) is 33.2 Å². The second kappa shape index (κ2) is 6.36. The lowest BCUT2D eigenvalue weighted by molar-refractivity contribution is -0.127. The van der Waals surface area contributed by atoms with E-state index in [0.717, 1.165) is 38.5 Å². The second-order valence-corrected chi connectivity index (χ2v) is 5.51. The number of piperazine rings is 1. The van der Waals surface area contributed by atoms with Gasteiger partial charge in [0.1, 0.15) is 0 Å². The first-order chi connectivity index (χ1) is 8.24. The van der Waals surface area contributed by atoms with Crippen LogP contribution in [0.1, 0.15) is 38.5 Å². The van der Waals surface area contributed by atoms with Gasteiger partial charge in [0.05, 0.1) is 0 Å². The van der Waals surface area contributed by atoms with Gasteiger partial charge in [0, 0.05) is 32.6 Å². The monoisotopic (exact) mass is 239 g/mol. The van der Waals surface area contributed by atoms with Gasteiger partial charge in [-0.05, 0) is 19.4 Å². The number of nitrogens with one attached hydrogen (secondary N) is 1. The fraction of sp³-hybridized carbons (Fsp3) is 0.923. The molecule has 1 amide bonds. The molecule has 17 heavy (non-hydrogen) atoms. The molecule has 0 atom stereocenters. The molecule has 0 aromatic rings. The third-order valence-electron chi connectivity index (χ3n) is 4.04. The molecule has 0 spiro atoms. The van der Waals surface area contributed by atoms with Crippen LogP contribution in [0.25, 0.3) is 0 Å². The van der Waals surface area contributed by atoms with Crippen LogP contribution in [0.4, 0.5) is 0 Å². The van der Waals surface area contributed by atoms with E-state index in [1.807, 2.05) is 0 Å². The van der Waals surface area contributed by atoms with Gasteiger partial charge in [-0.1, -0.05) is 25.7 Å². The molecule has 0 bridgehead atoms. The first-order valence-corrected chi connectivity index (χ1v) is 6.97. The number of carbonyl (C=O) groups excluding carboxylic acids is 1. The predicted octanol–water partition coefficient (Wildman–Crippen LogP) is 1.24. The highest BCUT2D eigenvalue weighted by Crippen LogP contribution is 2.28. The Bertz CT molecular complexity index is 243. The van der Waals surface area contributed by atoms with Crippen LogP contribution in [0.3, 0.4) is 0 Å². The quantitative estimate of drug-likeness (QED) is 0.801. The van der Waals surface area contributed by atoms with Crippen LogP contribution >= 0.6 is 0 Å². The molecular weight excluding hydrogens is 214 g/mol. The van der Waals surface area contributed by atoms with E-state index in [2.05, 4.69) is 22.4 Å². The summed E-state index contributed by atoms with van der Waals surface area (Å²) in [5.41, 5.74) is 3.03. The highest BCUT2D eigenvalue weighted by Gasteiger charge is 2.18. The Labute approximate surface area is 104 Å². The summed E-state index contributed by atoms with van der Waals surface area (Å²) in [5, 5.41) is 2.07. The van der Waals surface area contributed by atoms with Crippen LogP contribution in [0.15, 0.2) is 0 Å². The predicted molar refractivity (Wildman–Crippen MR) is 68.4 cm³/mol. The molecule has 0 radical (unpaired) electrons. The number of hydrogen-bond acceptors (Lipinski definition) is 3. The number of hydrogen-bond donors (Lipinski definition) is 1. The summed E-state index contributed by atoms with van der Waals surface area (Å²) in [4.78, 5) is 14.1. The SMILES string of the molecule is CN1CCN(NC(=O)CCC2CCCC2)CC1. The minimum Gasteiger partial charge on any atom is -0.304 e. The Morgan fingerprint density at radius 3 is 2.47 bits per heavy atom. The normalized spacial score (nSPS) is 24.1. The fourth-order valence-corrected chi connectivity index (χ4v) is 2.78. The van der Waals surface area contributed by atoms with Gasteiger partial charge in [-0.25, -0.2) is 5.01 Å². The average molecular weight is 239 g/mol. The van der Waals surface area contributed by atoms with Crippen LogP contribution in [-0.4, -0.2) is 49.0 Å². The van der Waals surface area contributed by atoms with Crippen molar-refractivity contribution in [1.82, 2.24) is 15.3 Å². The number of amides is 1. The number of hydrazine groups is 1. The Hall–Kier alpha value is -0.610. The number of rotatable bonds is 4. The molecule has 4 heteroatoms. The molecule has 0 aromatic carbocycles. The van der Waals surface area contributed by atoms with Gasteiger partial charge in [-0.3, -0.25) is 10.2 Å². The van der Waals surface area contributed by atoms with E-state index < -0.39 is 0 Å². The molecule has 0 aromatic heterocycles. The van der Waals surface area contributed by atoms with Crippen LogP contribution < -0.4 is 5.43 Å². The minimum atomic E-state index is 0.210. The maximum Gasteiger partial charge on any atom is 0.234 e. The molecule has 0 unspecified atom stereocenters. The van der Waals surface area contributed by atoms with E-state index in [9.17, 15) is 4.79 Å². The van der Waals surface area contributed by atoms with E-state index in [1.165, 1.54) is 25.7 Å². The highest BCUT2D eigenvalue weighted by molar-refractivity contribution is 5.75. The molecule has 1 saturated heterocycles. The molecule has 1 N–H and O–H groups in total. The summed E-state index contributed by atoms with van der Waals surface area (Å²) in [6.07, 6.45) is 7.19. The average Bonchev–Trinajstić information content (AvgIpc) is 2.83. The van der Waals surface area contributed by atoms with E-state index >= 15 is 0 Å². The first-order valence-electron chi connectivity index (χ1n) is 6.97. The Kier molecular flexibility index (Phi) is 4.80. The van der Waals surface area contributed by atoms with Crippen molar-refractivity contribution in [3.05, 3.63) is 0 Å². The lowest BCUT2D eigenvalue weighted by Gasteiger charge is -2.32. The van der Waals surface area contributed by atoms with E-state index in [4.69, 9.17) is 0 Å². The molecule has 1 aliphatic carbocycles. The van der Waals surface area contributed by atoms with Crippen LogP contribution in [0, 0.1) is 5.92 Å². The van der Waals surface area contributed by atoms with Gasteiger partial charge in [0.25, 0.3) is 0 Å². The van der Waals surface area contributed by atoms with Gasteiger partial charge in [0.2, 0.25) is 5.91 Å². The minimum absolute atomic E-state index is 0.210. The summed E-state index contributed by atoms with van der Waals surface area (Å²) >= 11 is 0. The Morgan fingerprint density at radius 2 is 1.82 bits per heavy atom. The van der Waals surface area contributed by atoms with Crippen LogP contribution in [0.5, 0.6) is 0 Å². The lowest BCUT2D eigenvalue weighted by atomic mass is 10.0. The number of nitrogens with zero attached hydrogens (tertiary/aromatic N) is 2. The summed E-state index contributed by atoms with van der Waals surface area (Å²) < 4.78 is 0. The van der Waals surface area contributed by atoms with Crippen molar-refractivity contribution in [2.45, 2.75) is 38.5 Å². The molecule has 1 saturated carbocycles. The smallest absolute Gasteiger partial charge is 0.234 e. The molecule has 2 fully saturated rings. The third kappa shape index (κ3) is 4.28. The van der Waals surface area contributed by atoms with Crippen LogP contribution in [0.2, 0.25) is 0 Å². The topological polar surface area (TPSA) is 35.6 Å². The number of carbonyl (C=O) groups is 1. The molecular formula is C13H25N3O.